The fourth-order valence-electron chi connectivity index (χ4n) is 2.41. The van der Waals surface area contributed by atoms with Crippen LogP contribution in [0, 0.1) is 0 Å². The number of nitrogens with one attached hydrogen (secondary N) is 1. The Labute approximate surface area is 108 Å². The van der Waals surface area contributed by atoms with Gasteiger partial charge in [0.1, 0.15) is 5.54 Å². The van der Waals surface area contributed by atoms with Gasteiger partial charge in [-0.3, -0.25) is 4.79 Å². The number of aliphatic hydroxyl groups is 1. The molecule has 2 N–H and O–H groups in total. The highest BCUT2D eigenvalue weighted by molar-refractivity contribution is 5.90. The Kier molecular flexibility index (Phi) is 3.30. The Morgan fingerprint density at radius 1 is 1.39 bits per heavy atom. The minimum Gasteiger partial charge on any atom is -0.389 e. The third kappa shape index (κ3) is 2.08. The van der Waals surface area contributed by atoms with Gasteiger partial charge in [-0.1, -0.05) is 18.2 Å². The van der Waals surface area contributed by atoms with Crippen LogP contribution >= 0.6 is 0 Å². The number of rotatable bonds is 2. The molecular formula is C14H20N2O2. The van der Waals surface area contributed by atoms with E-state index in [1.165, 1.54) is 0 Å². The number of para-hydroxylation sites is 1. The van der Waals surface area contributed by atoms with Crippen molar-refractivity contribution < 1.29 is 9.90 Å². The van der Waals surface area contributed by atoms with Crippen LogP contribution in [0.15, 0.2) is 24.3 Å². The first kappa shape index (κ1) is 12.9. The van der Waals surface area contributed by atoms with Crippen molar-refractivity contribution in [1.29, 1.82) is 0 Å². The molecule has 2 rings (SSSR count). The summed E-state index contributed by atoms with van der Waals surface area (Å²) >= 11 is 0. The molecule has 1 aromatic rings. The molecule has 1 heterocycles. The first-order chi connectivity index (χ1) is 8.44. The first-order valence-corrected chi connectivity index (χ1v) is 6.27. The SMILES string of the molecule is C[C@H](O)c1ccccc1N1CCNC(=O)C1(C)C. The third-order valence-corrected chi connectivity index (χ3v) is 3.53. The Hall–Kier alpha value is -1.55. The summed E-state index contributed by atoms with van der Waals surface area (Å²) < 4.78 is 0. The highest BCUT2D eigenvalue weighted by Crippen LogP contribution is 2.32. The van der Waals surface area contributed by atoms with Gasteiger partial charge < -0.3 is 15.3 Å². The van der Waals surface area contributed by atoms with Crippen molar-refractivity contribution in [2.75, 3.05) is 18.0 Å². The summed E-state index contributed by atoms with van der Waals surface area (Å²) in [4.78, 5) is 14.0. The monoisotopic (exact) mass is 248 g/mol. The van der Waals surface area contributed by atoms with Crippen LogP contribution < -0.4 is 10.2 Å². The van der Waals surface area contributed by atoms with Crippen LogP contribution in [0.4, 0.5) is 5.69 Å². The predicted molar refractivity (Wildman–Crippen MR) is 71.5 cm³/mol. The molecule has 1 amide bonds. The van der Waals surface area contributed by atoms with Crippen molar-refractivity contribution in [1.82, 2.24) is 5.32 Å². The highest BCUT2D eigenvalue weighted by atomic mass is 16.3. The number of aliphatic hydroxyl groups excluding tert-OH is 1. The molecule has 1 fully saturated rings. The summed E-state index contributed by atoms with van der Waals surface area (Å²) in [5.74, 6) is 0.0224. The maximum atomic E-state index is 12.0. The minimum absolute atomic E-state index is 0.0224. The van der Waals surface area contributed by atoms with E-state index in [9.17, 15) is 9.90 Å². The predicted octanol–water partition coefficient (Wildman–Crippen LogP) is 1.45. The van der Waals surface area contributed by atoms with E-state index < -0.39 is 11.6 Å². The lowest BCUT2D eigenvalue weighted by atomic mass is 9.95. The molecule has 1 aliphatic rings. The van der Waals surface area contributed by atoms with Crippen molar-refractivity contribution >= 4 is 11.6 Å². The smallest absolute Gasteiger partial charge is 0.245 e. The fraction of sp³-hybridized carbons (Fsp3) is 0.500. The quantitative estimate of drug-likeness (QED) is 0.833. The van der Waals surface area contributed by atoms with E-state index in [2.05, 4.69) is 10.2 Å². The second kappa shape index (κ2) is 4.61. The molecule has 1 atom stereocenters. The lowest BCUT2D eigenvalue weighted by molar-refractivity contribution is -0.126. The molecule has 4 heteroatoms. The topological polar surface area (TPSA) is 52.6 Å². The standard InChI is InChI=1S/C14H20N2O2/c1-10(17)11-6-4-5-7-12(11)16-9-8-15-13(18)14(16,2)3/h4-7,10,17H,8-9H2,1-3H3,(H,15,18)/t10-/m0/s1. The summed E-state index contributed by atoms with van der Waals surface area (Å²) in [6.07, 6.45) is -0.540. The highest BCUT2D eigenvalue weighted by Gasteiger charge is 2.38. The van der Waals surface area contributed by atoms with Crippen LogP contribution in [-0.4, -0.2) is 29.6 Å². The van der Waals surface area contributed by atoms with E-state index in [0.717, 1.165) is 17.8 Å². The third-order valence-electron chi connectivity index (χ3n) is 3.53. The average molecular weight is 248 g/mol. The molecule has 1 aliphatic heterocycles. The molecule has 98 valence electrons. The number of carbonyl (C=O) groups excluding carboxylic acids is 1. The molecule has 0 radical (unpaired) electrons. The molecule has 0 aliphatic carbocycles. The maximum Gasteiger partial charge on any atom is 0.245 e. The van der Waals surface area contributed by atoms with Crippen molar-refractivity contribution in [3.63, 3.8) is 0 Å². The van der Waals surface area contributed by atoms with Crippen LogP contribution in [0.3, 0.4) is 0 Å². The summed E-state index contributed by atoms with van der Waals surface area (Å²) in [7, 11) is 0. The van der Waals surface area contributed by atoms with Crippen LogP contribution in [0.5, 0.6) is 0 Å². The Morgan fingerprint density at radius 3 is 2.72 bits per heavy atom. The zero-order chi connectivity index (χ0) is 13.3. The number of hydrogen-bond donors (Lipinski definition) is 2. The average Bonchev–Trinajstić information content (AvgIpc) is 2.32. The normalized spacial score (nSPS) is 20.4. The summed E-state index contributed by atoms with van der Waals surface area (Å²) in [6.45, 7) is 6.94. The van der Waals surface area contributed by atoms with Crippen molar-refractivity contribution in [2.24, 2.45) is 0 Å². The van der Waals surface area contributed by atoms with Gasteiger partial charge in [-0.15, -0.1) is 0 Å². The zero-order valence-corrected chi connectivity index (χ0v) is 11.1. The van der Waals surface area contributed by atoms with Gasteiger partial charge >= 0.3 is 0 Å². The molecule has 0 aromatic heterocycles. The fourth-order valence-corrected chi connectivity index (χ4v) is 2.41. The molecule has 0 saturated carbocycles. The van der Waals surface area contributed by atoms with Gasteiger partial charge in [-0.2, -0.15) is 0 Å². The van der Waals surface area contributed by atoms with Crippen molar-refractivity contribution in [3.05, 3.63) is 29.8 Å². The minimum atomic E-state index is -0.594. The van der Waals surface area contributed by atoms with Gasteiger partial charge in [0.15, 0.2) is 0 Å². The van der Waals surface area contributed by atoms with E-state index in [1.807, 2.05) is 38.1 Å². The number of hydrogen-bond acceptors (Lipinski definition) is 3. The van der Waals surface area contributed by atoms with Crippen LogP contribution in [0.2, 0.25) is 0 Å². The van der Waals surface area contributed by atoms with Crippen molar-refractivity contribution in [2.45, 2.75) is 32.4 Å². The van der Waals surface area contributed by atoms with Gasteiger partial charge in [0.2, 0.25) is 5.91 Å². The number of amides is 1. The molecule has 18 heavy (non-hydrogen) atoms. The number of anilines is 1. The van der Waals surface area contributed by atoms with E-state index in [1.54, 1.807) is 6.92 Å². The van der Waals surface area contributed by atoms with Gasteiger partial charge in [0.05, 0.1) is 6.10 Å². The number of piperazine rings is 1. The van der Waals surface area contributed by atoms with Crippen LogP contribution in [0.25, 0.3) is 0 Å². The molecule has 1 saturated heterocycles. The molecule has 1 aromatic carbocycles. The second-order valence-electron chi connectivity index (χ2n) is 5.20. The van der Waals surface area contributed by atoms with Gasteiger partial charge in [-0.05, 0) is 26.8 Å². The zero-order valence-electron chi connectivity index (χ0n) is 11.1. The number of nitrogens with zero attached hydrogens (tertiary/aromatic N) is 1. The molecule has 4 nitrogen and oxygen atoms in total. The summed E-state index contributed by atoms with van der Waals surface area (Å²) in [6, 6.07) is 7.71. The molecule has 0 bridgehead atoms. The number of benzene rings is 1. The van der Waals surface area contributed by atoms with E-state index in [-0.39, 0.29) is 5.91 Å². The van der Waals surface area contributed by atoms with Gasteiger partial charge in [-0.25, -0.2) is 0 Å². The first-order valence-electron chi connectivity index (χ1n) is 6.27. The molecule has 0 unspecified atom stereocenters. The van der Waals surface area contributed by atoms with E-state index in [0.29, 0.717) is 6.54 Å². The largest absolute Gasteiger partial charge is 0.389 e. The van der Waals surface area contributed by atoms with Gasteiger partial charge in [0, 0.05) is 24.3 Å². The number of carbonyl (C=O) groups is 1. The Bertz CT molecular complexity index is 455. The Balaban J connectivity index is 2.45. The van der Waals surface area contributed by atoms with Gasteiger partial charge in [0.25, 0.3) is 0 Å². The lowest BCUT2D eigenvalue weighted by Crippen LogP contribution is -2.62. The van der Waals surface area contributed by atoms with Crippen LogP contribution in [0.1, 0.15) is 32.4 Å². The summed E-state index contributed by atoms with van der Waals surface area (Å²) in [5.41, 5.74) is 1.20. The van der Waals surface area contributed by atoms with E-state index >= 15 is 0 Å². The molecular weight excluding hydrogens is 228 g/mol. The van der Waals surface area contributed by atoms with E-state index in [4.69, 9.17) is 0 Å². The van der Waals surface area contributed by atoms with Crippen LogP contribution in [-0.2, 0) is 4.79 Å². The Morgan fingerprint density at radius 2 is 2.06 bits per heavy atom. The second-order valence-corrected chi connectivity index (χ2v) is 5.20. The summed E-state index contributed by atoms with van der Waals surface area (Å²) in [5, 5.41) is 12.7. The molecule has 0 spiro atoms. The van der Waals surface area contributed by atoms with Crippen molar-refractivity contribution in [3.8, 4) is 0 Å². The lowest BCUT2D eigenvalue weighted by Gasteiger charge is -2.43. The maximum absolute atomic E-state index is 12.0.